The number of hydrogen-bond acceptors (Lipinski definition) is 18. The summed E-state index contributed by atoms with van der Waals surface area (Å²) < 4.78 is 344. The lowest BCUT2D eigenvalue weighted by Crippen LogP contribution is -2.15. The molecule has 4 N–H and O–H groups in total. The molecule has 8 rings (SSSR count). The standard InChI is InChI=1S/C21H14F9N3O4.C15H10BrF6NO4.C11H4BrF6NO.C6H5F3N2.C4H7ClO3/c1-2-35-18(34)37-9-36-14-7-15(21(28,29)30)32-12-5-11(20(25,26)27)6-13(17(12)14)33-16-4-3-10(8-31-16)19(22,23)24;1-2-25-13(24)27-6-26-10-5-11(15(20,21)22)23-9-4-7(14(17,18)19)3-8(16)12(9)10;12-5-1-4(10(13,14)15)2-6-9(5)7(20)3-8(19-6)11(16,17)18;7-6(8,9)4-1-2-5(10)11-3-4;1-2-7-4(6)8-3-5/h3-8H,2,9H2,1H3,(H,31,33);3-5H,2,6H2,1H3;1-3H,(H,19,20);1-3H,(H2,10,11);2-3H2,1H3. The number of ether oxygens (including phenoxy) is 8. The van der Waals surface area contributed by atoms with Crippen molar-refractivity contribution >= 4 is 112 Å². The fraction of sp³-hybridized carbons (Fsp3) is 0.298. The number of H-pyrrole nitrogens is 1. The molecule has 0 unspecified atom stereocenters. The maximum atomic E-state index is 13.5. The predicted octanol–water partition coefficient (Wildman–Crippen LogP) is 19.9. The van der Waals surface area contributed by atoms with Gasteiger partial charge in [0, 0.05) is 39.5 Å². The Morgan fingerprint density at radius 3 is 1.25 bits per heavy atom. The van der Waals surface area contributed by atoms with E-state index in [1.165, 1.54) is 13.8 Å². The zero-order chi connectivity index (χ0) is 78.2. The van der Waals surface area contributed by atoms with Gasteiger partial charge in [-0.1, -0.05) is 11.6 Å². The lowest BCUT2D eigenvalue weighted by molar-refractivity contribution is -0.141. The van der Waals surface area contributed by atoms with Crippen LogP contribution in [-0.2, 0) is 77.8 Å². The smallest absolute Gasteiger partial charge is 0.456 e. The summed E-state index contributed by atoms with van der Waals surface area (Å²) in [6, 6.07) is 7.47. The lowest BCUT2D eigenvalue weighted by Gasteiger charge is -2.18. The Kier molecular flexibility index (Phi) is 29.4. The molecule has 103 heavy (non-hydrogen) atoms. The minimum absolute atomic E-state index is 0.00100. The first-order chi connectivity index (χ1) is 47.3. The van der Waals surface area contributed by atoms with Gasteiger partial charge in [0.05, 0.1) is 86.0 Å². The normalized spacial score (nSPS) is 12.0. The number of alkyl halides is 25. The summed E-state index contributed by atoms with van der Waals surface area (Å²) >= 11 is 10.7. The van der Waals surface area contributed by atoms with Crippen molar-refractivity contribution < 1.29 is 158 Å². The predicted molar refractivity (Wildman–Crippen MR) is 316 cm³/mol. The quantitative estimate of drug-likeness (QED) is 0.0338. The number of aromatic amines is 1. The second-order valence-corrected chi connectivity index (χ2v) is 20.8. The SMILES string of the molecule is CCOC(=O)OCCl.CCOC(=O)OCOc1cc(C(F)(F)F)nc2cc(C(F)(F)F)cc(Br)c12.CCOC(=O)OCOc1cc(C(F)(F)F)nc2cc(C(F)(F)F)cc(Nc3ccc(C(F)(F)F)cn3)c12.Nc1ccc(C(F)(F)F)cn1.O=c1cc(C(F)(F)F)[nH]c2cc(C(F)(F)F)cc(Br)c12. The Morgan fingerprint density at radius 2 is 0.864 bits per heavy atom. The van der Waals surface area contributed by atoms with Gasteiger partial charge in [-0.2, -0.15) is 105 Å². The Bertz CT molecular complexity index is 4270. The van der Waals surface area contributed by atoms with Crippen LogP contribution in [0.25, 0.3) is 32.7 Å². The van der Waals surface area contributed by atoms with E-state index in [1.54, 1.807) is 11.9 Å². The molecule has 0 radical (unpaired) electrons. The Morgan fingerprint density at radius 1 is 0.466 bits per heavy atom. The molecule has 0 spiro atoms. The van der Waals surface area contributed by atoms with E-state index in [-0.39, 0.29) is 50.6 Å². The molecule has 19 nitrogen and oxygen atoms in total. The van der Waals surface area contributed by atoms with E-state index in [2.05, 4.69) is 85.5 Å². The van der Waals surface area contributed by atoms with Crippen molar-refractivity contribution in [3.63, 3.8) is 0 Å². The maximum absolute atomic E-state index is 13.5. The number of carbonyl (C=O) groups is 3. The number of benzene rings is 3. The number of hydrogen-bond donors (Lipinski definition) is 3. The minimum atomic E-state index is -5.11. The van der Waals surface area contributed by atoms with E-state index in [1.807, 2.05) is 0 Å². The van der Waals surface area contributed by atoms with E-state index in [9.17, 15) is 125 Å². The molecule has 5 aromatic heterocycles. The molecule has 0 amide bonds. The number of anilines is 3. The van der Waals surface area contributed by atoms with Gasteiger partial charge in [-0.25, -0.2) is 34.3 Å². The summed E-state index contributed by atoms with van der Waals surface area (Å²) in [5.41, 5.74) is -8.64. The van der Waals surface area contributed by atoms with Crippen LogP contribution in [0.15, 0.2) is 105 Å². The van der Waals surface area contributed by atoms with Crippen LogP contribution in [0.4, 0.5) is 137 Å². The average Bonchev–Trinajstić information content (AvgIpc) is 0.775. The van der Waals surface area contributed by atoms with Gasteiger partial charge in [-0.3, -0.25) is 4.79 Å². The van der Waals surface area contributed by atoms with Gasteiger partial charge < -0.3 is 53.9 Å². The summed E-state index contributed by atoms with van der Waals surface area (Å²) in [4.78, 5) is 59.3. The maximum Gasteiger partial charge on any atom is 0.511 e. The van der Waals surface area contributed by atoms with Crippen molar-refractivity contribution in [1.29, 1.82) is 0 Å². The fourth-order valence-corrected chi connectivity index (χ4v) is 8.76. The molecule has 5 heterocycles. The highest BCUT2D eigenvalue weighted by Gasteiger charge is 2.40. The Labute approximate surface area is 580 Å². The average molecular weight is 1670 g/mol. The van der Waals surface area contributed by atoms with Gasteiger partial charge in [-0.05, 0) is 113 Å². The lowest BCUT2D eigenvalue weighted by atomic mass is 10.1. The molecule has 3 aromatic carbocycles. The first-order valence-corrected chi connectivity index (χ1v) is 29.2. The topological polar surface area (TPSA) is 248 Å². The summed E-state index contributed by atoms with van der Waals surface area (Å²) in [6.45, 7) is 3.05. The van der Waals surface area contributed by atoms with Gasteiger partial charge in [-0.15, -0.1) is 0 Å². The van der Waals surface area contributed by atoms with Gasteiger partial charge >= 0.3 is 67.9 Å². The van der Waals surface area contributed by atoms with Crippen LogP contribution in [0.5, 0.6) is 11.5 Å². The van der Waals surface area contributed by atoms with Gasteiger partial charge in [0.25, 0.3) is 0 Å². The summed E-state index contributed by atoms with van der Waals surface area (Å²) in [6.07, 6.45) is -40.5. The number of pyridine rings is 5. The highest BCUT2D eigenvalue weighted by molar-refractivity contribution is 9.11. The molecular formula is C57H40Br2ClF24N7O12. The molecule has 0 fully saturated rings. The summed E-state index contributed by atoms with van der Waals surface area (Å²) in [5.74, 6) is -1.47. The van der Waals surface area contributed by atoms with Crippen LogP contribution < -0.4 is 26.0 Å². The van der Waals surface area contributed by atoms with Gasteiger partial charge in [0.2, 0.25) is 13.6 Å². The van der Waals surface area contributed by atoms with Crippen LogP contribution in [0.2, 0.25) is 0 Å². The van der Waals surface area contributed by atoms with Crippen LogP contribution in [0.3, 0.4) is 0 Å². The van der Waals surface area contributed by atoms with Crippen LogP contribution in [0.1, 0.15) is 65.7 Å². The van der Waals surface area contributed by atoms with E-state index in [4.69, 9.17) is 26.8 Å². The molecule has 564 valence electrons. The summed E-state index contributed by atoms with van der Waals surface area (Å²) in [5, 5.41) is 1.49. The van der Waals surface area contributed by atoms with E-state index < -0.39 is 171 Å². The number of nitrogens with two attached hydrogens (primary N) is 1. The zero-order valence-electron chi connectivity index (χ0n) is 50.9. The number of aromatic nitrogens is 5. The monoisotopic (exact) mass is 1660 g/mol. The Balaban J connectivity index is 0.000000298. The van der Waals surface area contributed by atoms with Crippen molar-refractivity contribution in [3.8, 4) is 11.5 Å². The van der Waals surface area contributed by atoms with Crippen LogP contribution in [-0.4, -0.2) is 82.9 Å². The van der Waals surface area contributed by atoms with E-state index in [0.717, 1.165) is 18.2 Å². The molecule has 0 aliphatic rings. The van der Waals surface area contributed by atoms with Crippen molar-refractivity contribution in [2.45, 2.75) is 70.2 Å². The number of halogens is 27. The zero-order valence-corrected chi connectivity index (χ0v) is 54.8. The molecule has 0 atom stereocenters. The van der Waals surface area contributed by atoms with Crippen molar-refractivity contribution in [2.24, 2.45) is 0 Å². The third kappa shape index (κ3) is 26.1. The molecule has 0 bridgehead atoms. The summed E-state index contributed by atoms with van der Waals surface area (Å²) in [7, 11) is 0. The van der Waals surface area contributed by atoms with Gasteiger partial charge in [0.15, 0.2) is 11.5 Å². The molecule has 0 saturated heterocycles. The number of nitrogen functional groups attached to an aromatic ring is 1. The van der Waals surface area contributed by atoms with Crippen molar-refractivity contribution in [2.75, 3.05) is 50.5 Å². The molecule has 46 heteroatoms. The number of rotatable bonds is 12. The fourth-order valence-electron chi connectivity index (χ4n) is 7.37. The first-order valence-electron chi connectivity index (χ1n) is 27.1. The molecule has 0 aliphatic heterocycles. The van der Waals surface area contributed by atoms with Crippen molar-refractivity contribution in [3.05, 3.63) is 155 Å². The second kappa shape index (κ2) is 35.2. The van der Waals surface area contributed by atoms with Crippen LogP contribution in [0, 0.1) is 0 Å². The van der Waals surface area contributed by atoms with E-state index >= 15 is 0 Å². The minimum Gasteiger partial charge on any atom is -0.456 e. The van der Waals surface area contributed by atoms with Crippen molar-refractivity contribution in [1.82, 2.24) is 24.9 Å². The highest BCUT2D eigenvalue weighted by Crippen LogP contribution is 2.45. The number of fused-ring (bicyclic) bond motifs is 3. The Hall–Kier alpha value is -9.43. The van der Waals surface area contributed by atoms with E-state index in [0.29, 0.717) is 79.7 Å². The van der Waals surface area contributed by atoms with Gasteiger partial charge in [0.1, 0.15) is 40.2 Å². The molecular weight excluding hydrogens is 1630 g/mol. The molecule has 0 saturated carbocycles. The molecule has 0 aliphatic carbocycles. The number of carbonyl (C=O) groups excluding carboxylic acids is 3. The number of nitrogens with zero attached hydrogens (tertiary/aromatic N) is 4. The third-order valence-corrected chi connectivity index (χ3v) is 13.0. The second-order valence-electron chi connectivity index (χ2n) is 18.8. The third-order valence-electron chi connectivity index (χ3n) is 11.7. The first kappa shape index (κ1) is 86.0. The largest absolute Gasteiger partial charge is 0.511 e. The highest BCUT2D eigenvalue weighted by atomic mass is 79.9. The number of nitrogens with one attached hydrogen (secondary N) is 2. The molecule has 8 aromatic rings. The van der Waals surface area contributed by atoms with Crippen LogP contribution >= 0.6 is 43.5 Å².